The molecule has 0 fully saturated rings. The van der Waals surface area contributed by atoms with Gasteiger partial charge in [-0.25, -0.2) is 0 Å². The van der Waals surface area contributed by atoms with Crippen molar-refractivity contribution in [2.75, 3.05) is 20.2 Å². The van der Waals surface area contributed by atoms with Gasteiger partial charge in [0.15, 0.2) is 0 Å². The van der Waals surface area contributed by atoms with Gasteiger partial charge in [0.2, 0.25) is 0 Å². The average Bonchev–Trinajstić information content (AvgIpc) is 3.31. The SMILES string of the molecule is CCc1ccc(C(C#N)NC(=O)C2=CN(CCNC(=O)c3cncc(Br)c3OC)NN2)cc1. The lowest BCUT2D eigenvalue weighted by molar-refractivity contribution is -0.118. The van der Waals surface area contributed by atoms with Crippen molar-refractivity contribution in [1.82, 2.24) is 31.6 Å². The Bertz CT molecular complexity index is 1080. The third-order valence-corrected chi connectivity index (χ3v) is 5.49. The Labute approximate surface area is 200 Å². The van der Waals surface area contributed by atoms with Crippen LogP contribution in [-0.2, 0) is 11.2 Å². The van der Waals surface area contributed by atoms with E-state index in [-0.39, 0.29) is 11.6 Å². The smallest absolute Gasteiger partial charge is 0.271 e. The minimum Gasteiger partial charge on any atom is -0.495 e. The van der Waals surface area contributed by atoms with Crippen molar-refractivity contribution >= 4 is 27.7 Å². The Morgan fingerprint density at radius 2 is 2.03 bits per heavy atom. The number of halogens is 1. The fourth-order valence-corrected chi connectivity index (χ4v) is 3.60. The Balaban J connectivity index is 1.52. The van der Waals surface area contributed by atoms with Crippen molar-refractivity contribution in [3.63, 3.8) is 0 Å². The Kier molecular flexibility index (Phi) is 8.23. The van der Waals surface area contributed by atoms with E-state index in [0.29, 0.717) is 34.4 Å². The van der Waals surface area contributed by atoms with E-state index in [4.69, 9.17) is 4.74 Å². The molecule has 0 saturated heterocycles. The van der Waals surface area contributed by atoms with E-state index in [1.807, 2.05) is 24.3 Å². The molecule has 3 rings (SSSR count). The molecule has 4 N–H and O–H groups in total. The number of hydrazine groups is 2. The van der Waals surface area contributed by atoms with Crippen LogP contribution in [-0.4, -0.2) is 42.0 Å². The van der Waals surface area contributed by atoms with Gasteiger partial charge in [0.25, 0.3) is 11.8 Å². The zero-order valence-corrected chi connectivity index (χ0v) is 19.8. The molecule has 1 unspecified atom stereocenters. The summed E-state index contributed by atoms with van der Waals surface area (Å²) in [6.07, 6.45) is 5.44. The fraction of sp³-hybridized carbons (Fsp3) is 0.273. The van der Waals surface area contributed by atoms with Gasteiger partial charge in [-0.1, -0.05) is 31.2 Å². The summed E-state index contributed by atoms with van der Waals surface area (Å²) in [6.45, 7) is 2.72. The van der Waals surface area contributed by atoms with Gasteiger partial charge in [-0.2, -0.15) is 5.26 Å². The lowest BCUT2D eigenvalue weighted by Crippen LogP contribution is -2.42. The van der Waals surface area contributed by atoms with Crippen LogP contribution in [0.2, 0.25) is 0 Å². The lowest BCUT2D eigenvalue weighted by Gasteiger charge is -2.16. The number of ether oxygens (including phenoxy) is 1. The number of carbonyl (C=O) groups excluding carboxylic acids is 2. The van der Waals surface area contributed by atoms with Gasteiger partial charge in [0.05, 0.1) is 24.2 Å². The van der Waals surface area contributed by atoms with E-state index in [2.05, 4.69) is 55.5 Å². The van der Waals surface area contributed by atoms with Crippen LogP contribution in [0, 0.1) is 11.3 Å². The summed E-state index contributed by atoms with van der Waals surface area (Å²) in [5.74, 6) is -0.357. The van der Waals surface area contributed by atoms with Gasteiger partial charge < -0.3 is 15.4 Å². The molecule has 0 aliphatic carbocycles. The second kappa shape index (κ2) is 11.3. The molecule has 2 heterocycles. The molecular weight excluding hydrogens is 490 g/mol. The molecule has 1 atom stereocenters. The maximum atomic E-state index is 12.6. The number of aromatic nitrogens is 1. The number of methoxy groups -OCH3 is 1. The van der Waals surface area contributed by atoms with Crippen LogP contribution < -0.4 is 26.3 Å². The number of nitrogens with one attached hydrogen (secondary N) is 4. The number of nitrogens with zero attached hydrogens (tertiary/aromatic N) is 3. The molecule has 2 amide bonds. The summed E-state index contributed by atoms with van der Waals surface area (Å²) in [6, 6.07) is 8.90. The Morgan fingerprint density at radius 3 is 2.70 bits per heavy atom. The molecule has 0 saturated carbocycles. The molecule has 0 spiro atoms. The van der Waals surface area contributed by atoms with E-state index in [1.165, 1.54) is 13.3 Å². The first-order valence-electron chi connectivity index (χ1n) is 10.2. The molecule has 10 nitrogen and oxygen atoms in total. The highest BCUT2D eigenvalue weighted by Crippen LogP contribution is 2.27. The van der Waals surface area contributed by atoms with E-state index in [1.54, 1.807) is 17.4 Å². The molecule has 0 radical (unpaired) electrons. The molecule has 1 aromatic heterocycles. The van der Waals surface area contributed by atoms with Gasteiger partial charge in [-0.15, -0.1) is 5.53 Å². The number of pyridine rings is 1. The van der Waals surface area contributed by atoms with E-state index in [0.717, 1.165) is 12.0 Å². The standard InChI is InChI=1S/C22H24BrN7O3/c1-3-14-4-6-15(7-5-14)18(10-24)27-22(32)19-13-30(29-28-19)9-8-26-21(31)16-11-25-12-17(23)20(16)33-2/h4-7,11-13,18,28-29H,3,8-9H2,1-2H3,(H,26,31)(H,27,32). The highest BCUT2D eigenvalue weighted by atomic mass is 79.9. The number of amides is 2. The monoisotopic (exact) mass is 513 g/mol. The molecule has 1 aliphatic rings. The summed E-state index contributed by atoms with van der Waals surface area (Å²) in [7, 11) is 1.48. The van der Waals surface area contributed by atoms with Gasteiger partial charge in [0, 0.05) is 25.1 Å². The largest absolute Gasteiger partial charge is 0.495 e. The fourth-order valence-electron chi connectivity index (χ4n) is 3.11. The van der Waals surface area contributed by atoms with Crippen LogP contribution in [0.5, 0.6) is 5.75 Å². The molecule has 11 heteroatoms. The molecule has 33 heavy (non-hydrogen) atoms. The van der Waals surface area contributed by atoms with Gasteiger partial charge in [-0.05, 0) is 33.5 Å². The first-order chi connectivity index (χ1) is 16.0. The highest BCUT2D eigenvalue weighted by molar-refractivity contribution is 9.10. The first-order valence-corrected chi connectivity index (χ1v) is 11.0. The second-order valence-electron chi connectivity index (χ2n) is 7.06. The number of nitriles is 1. The second-order valence-corrected chi connectivity index (χ2v) is 7.92. The highest BCUT2D eigenvalue weighted by Gasteiger charge is 2.22. The lowest BCUT2D eigenvalue weighted by atomic mass is 10.0. The van der Waals surface area contributed by atoms with Crippen LogP contribution in [0.4, 0.5) is 0 Å². The van der Waals surface area contributed by atoms with E-state index in [9.17, 15) is 14.9 Å². The van der Waals surface area contributed by atoms with Crippen LogP contribution in [0.3, 0.4) is 0 Å². The minimum atomic E-state index is -0.770. The predicted molar refractivity (Wildman–Crippen MR) is 124 cm³/mol. The maximum absolute atomic E-state index is 12.6. The maximum Gasteiger partial charge on any atom is 0.271 e. The molecule has 1 aromatic carbocycles. The molecular formula is C22H24BrN7O3. The predicted octanol–water partition coefficient (Wildman–Crippen LogP) is 1.69. The third kappa shape index (κ3) is 6.00. The summed E-state index contributed by atoms with van der Waals surface area (Å²) >= 11 is 3.30. The number of carbonyl (C=O) groups is 2. The number of hydrogen-bond acceptors (Lipinski definition) is 8. The van der Waals surface area contributed by atoms with Crippen molar-refractivity contribution in [2.24, 2.45) is 0 Å². The molecule has 0 bridgehead atoms. The average molecular weight is 514 g/mol. The van der Waals surface area contributed by atoms with Gasteiger partial charge in [0.1, 0.15) is 23.1 Å². The topological polar surface area (TPSA) is 131 Å². The van der Waals surface area contributed by atoms with E-state index >= 15 is 0 Å². The Morgan fingerprint density at radius 1 is 1.27 bits per heavy atom. The summed E-state index contributed by atoms with van der Waals surface area (Å²) < 4.78 is 5.83. The number of aryl methyl sites for hydroxylation is 1. The normalized spacial score (nSPS) is 13.4. The van der Waals surface area contributed by atoms with Crippen molar-refractivity contribution in [2.45, 2.75) is 19.4 Å². The first kappa shape index (κ1) is 24.0. The quantitative estimate of drug-likeness (QED) is 0.398. The van der Waals surface area contributed by atoms with Crippen LogP contribution >= 0.6 is 15.9 Å². The summed E-state index contributed by atoms with van der Waals surface area (Å²) in [4.78, 5) is 29.0. The summed E-state index contributed by atoms with van der Waals surface area (Å²) in [5.41, 5.74) is 8.03. The third-order valence-electron chi connectivity index (χ3n) is 4.93. The van der Waals surface area contributed by atoms with Crippen molar-refractivity contribution in [3.8, 4) is 11.8 Å². The zero-order valence-electron chi connectivity index (χ0n) is 18.2. The van der Waals surface area contributed by atoms with Crippen molar-refractivity contribution in [3.05, 3.63) is 69.7 Å². The zero-order chi connectivity index (χ0) is 23.8. The van der Waals surface area contributed by atoms with Crippen LogP contribution in [0.15, 0.2) is 53.0 Å². The van der Waals surface area contributed by atoms with Crippen molar-refractivity contribution in [1.29, 1.82) is 5.26 Å². The van der Waals surface area contributed by atoms with E-state index < -0.39 is 11.9 Å². The van der Waals surface area contributed by atoms with Gasteiger partial charge in [-0.3, -0.25) is 25.0 Å². The van der Waals surface area contributed by atoms with Crippen LogP contribution in [0.25, 0.3) is 0 Å². The van der Waals surface area contributed by atoms with Gasteiger partial charge >= 0.3 is 0 Å². The molecule has 2 aromatic rings. The minimum absolute atomic E-state index is 0.254. The number of rotatable bonds is 9. The number of benzene rings is 1. The van der Waals surface area contributed by atoms with Crippen LogP contribution in [0.1, 0.15) is 34.5 Å². The van der Waals surface area contributed by atoms with Crippen molar-refractivity contribution < 1.29 is 14.3 Å². The Hall–Kier alpha value is -3.62. The number of hydrogen-bond donors (Lipinski definition) is 4. The summed E-state index contributed by atoms with van der Waals surface area (Å²) in [5, 5.41) is 16.6. The molecule has 172 valence electrons. The molecule has 1 aliphatic heterocycles.